The van der Waals surface area contributed by atoms with Crippen LogP contribution in [0.4, 0.5) is 4.39 Å². The van der Waals surface area contributed by atoms with Gasteiger partial charge in [-0.25, -0.2) is 4.39 Å². The molecule has 0 radical (unpaired) electrons. The van der Waals surface area contributed by atoms with Gasteiger partial charge in [-0.2, -0.15) is 0 Å². The number of esters is 1. The molecule has 2 unspecified atom stereocenters. The molecule has 6 heteroatoms. The molecule has 1 aromatic heterocycles. The Morgan fingerprint density at radius 2 is 2.00 bits per heavy atom. The molecular formula is C19H28FNO3Si. The Labute approximate surface area is 149 Å². The van der Waals surface area contributed by atoms with Crippen molar-refractivity contribution in [3.63, 3.8) is 0 Å². The zero-order valence-corrected chi connectivity index (χ0v) is 16.7. The van der Waals surface area contributed by atoms with Crippen molar-refractivity contribution in [1.29, 1.82) is 0 Å². The summed E-state index contributed by atoms with van der Waals surface area (Å²) in [7, 11) is -1.71. The summed E-state index contributed by atoms with van der Waals surface area (Å²) in [6, 6.07) is 4.15. The van der Waals surface area contributed by atoms with Crippen LogP contribution in [0.1, 0.15) is 38.2 Å². The Kier molecular flexibility index (Phi) is 6.06. The average molecular weight is 366 g/mol. The fraction of sp³-hybridized carbons (Fsp3) is 0.526. The Hall–Kier alpha value is -1.66. The van der Waals surface area contributed by atoms with Gasteiger partial charge in [0.15, 0.2) is 0 Å². The molecule has 2 rings (SSSR count). The lowest BCUT2D eigenvalue weighted by molar-refractivity contribution is -0.146. The maximum absolute atomic E-state index is 14.2. The number of furan rings is 1. The number of carbonyl (C=O) groups is 1. The van der Waals surface area contributed by atoms with Crippen LogP contribution in [0.15, 0.2) is 22.6 Å². The fourth-order valence-electron chi connectivity index (χ4n) is 2.77. The predicted molar refractivity (Wildman–Crippen MR) is 101 cm³/mol. The van der Waals surface area contributed by atoms with Crippen molar-refractivity contribution in [2.75, 3.05) is 6.61 Å². The fourth-order valence-corrected chi connectivity index (χ4v) is 3.77. The highest BCUT2D eigenvalue weighted by Gasteiger charge is 2.31. The molecule has 0 aliphatic heterocycles. The van der Waals surface area contributed by atoms with Crippen LogP contribution in [0.3, 0.4) is 0 Å². The van der Waals surface area contributed by atoms with E-state index >= 15 is 0 Å². The Morgan fingerprint density at radius 1 is 1.32 bits per heavy atom. The second-order valence-corrected chi connectivity index (χ2v) is 12.6. The number of benzene rings is 1. The molecule has 2 N–H and O–H groups in total. The van der Waals surface area contributed by atoms with Gasteiger partial charge in [0.25, 0.3) is 0 Å². The summed E-state index contributed by atoms with van der Waals surface area (Å²) < 4.78 is 25.6. The number of nitrogens with two attached hydrogens (primary N) is 1. The third-order valence-corrected chi connectivity index (χ3v) is 5.93. The first-order valence-electron chi connectivity index (χ1n) is 8.80. The highest BCUT2D eigenvalue weighted by atomic mass is 28.3. The maximum Gasteiger partial charge on any atom is 0.315 e. The van der Waals surface area contributed by atoms with Crippen LogP contribution in [0.2, 0.25) is 19.6 Å². The summed E-state index contributed by atoms with van der Waals surface area (Å²) in [6.07, 6.45) is 1.72. The number of hydrogen-bond donors (Lipinski definition) is 1. The molecule has 25 heavy (non-hydrogen) atoms. The first-order valence-corrected chi connectivity index (χ1v) is 12.3. The lowest BCUT2D eigenvalue weighted by Gasteiger charge is -2.20. The molecule has 0 fully saturated rings. The van der Waals surface area contributed by atoms with Crippen LogP contribution in [-0.2, 0) is 9.53 Å². The lowest BCUT2D eigenvalue weighted by Crippen LogP contribution is -2.36. The molecule has 1 aromatic carbocycles. The van der Waals surface area contributed by atoms with E-state index < -0.39 is 31.8 Å². The average Bonchev–Trinajstić information content (AvgIpc) is 2.91. The van der Waals surface area contributed by atoms with Crippen molar-refractivity contribution in [2.45, 2.75) is 58.3 Å². The number of rotatable bonds is 7. The van der Waals surface area contributed by atoms with E-state index in [9.17, 15) is 9.18 Å². The van der Waals surface area contributed by atoms with E-state index in [4.69, 9.17) is 14.9 Å². The van der Waals surface area contributed by atoms with E-state index in [-0.39, 0.29) is 0 Å². The van der Waals surface area contributed by atoms with Gasteiger partial charge in [-0.1, -0.05) is 33.0 Å². The van der Waals surface area contributed by atoms with E-state index in [0.717, 1.165) is 18.2 Å². The van der Waals surface area contributed by atoms with Crippen LogP contribution in [0, 0.1) is 5.82 Å². The number of hydrogen-bond acceptors (Lipinski definition) is 4. The van der Waals surface area contributed by atoms with Gasteiger partial charge in [-0.15, -0.1) is 0 Å². The second kappa shape index (κ2) is 7.70. The Bertz CT molecular complexity index is 749. The maximum atomic E-state index is 14.2. The van der Waals surface area contributed by atoms with Crippen molar-refractivity contribution in [3.05, 3.63) is 29.6 Å². The normalized spacial score (nSPS) is 14.5. The largest absolute Gasteiger partial charge is 0.466 e. The van der Waals surface area contributed by atoms with Gasteiger partial charge in [0.2, 0.25) is 0 Å². The third kappa shape index (κ3) is 4.49. The highest BCUT2D eigenvalue weighted by molar-refractivity contribution is 6.87. The van der Waals surface area contributed by atoms with E-state index in [2.05, 4.69) is 19.6 Å². The summed E-state index contributed by atoms with van der Waals surface area (Å²) in [6.45, 7) is 10.6. The molecule has 0 spiro atoms. The Balaban J connectivity index is 2.51. The van der Waals surface area contributed by atoms with Crippen molar-refractivity contribution < 1.29 is 18.3 Å². The zero-order valence-electron chi connectivity index (χ0n) is 15.7. The second-order valence-electron chi connectivity index (χ2n) is 7.63. The molecule has 0 saturated heterocycles. The highest BCUT2D eigenvalue weighted by Crippen LogP contribution is 2.31. The molecule has 0 saturated carbocycles. The quantitative estimate of drug-likeness (QED) is 0.459. The number of ether oxygens (including phenoxy) is 1. The van der Waals surface area contributed by atoms with Crippen LogP contribution in [-0.4, -0.2) is 26.7 Å². The lowest BCUT2D eigenvalue weighted by atomic mass is 9.91. The SMILES string of the molecule is CCCCOC(=O)C(c1cc(F)cc2cc([Si](C)(C)C)oc12)C(C)N. The molecule has 0 bridgehead atoms. The molecule has 1 heterocycles. The van der Waals surface area contributed by atoms with Crippen molar-refractivity contribution in [2.24, 2.45) is 5.73 Å². The molecule has 0 aliphatic rings. The van der Waals surface area contributed by atoms with E-state index in [1.807, 2.05) is 13.0 Å². The van der Waals surface area contributed by atoms with E-state index in [0.29, 0.717) is 23.1 Å². The van der Waals surface area contributed by atoms with Gasteiger partial charge in [0.1, 0.15) is 25.4 Å². The standard InChI is InChI=1S/C19H28FNO3Si/c1-6-7-8-23-19(22)17(12(2)21)15-11-14(20)9-13-10-16(24-18(13)15)25(3,4)5/h9-12,17H,6-8,21H2,1-5H3. The van der Waals surface area contributed by atoms with Crippen LogP contribution in [0.25, 0.3) is 11.0 Å². The van der Waals surface area contributed by atoms with Crippen molar-refractivity contribution in [1.82, 2.24) is 0 Å². The van der Waals surface area contributed by atoms with Crippen LogP contribution < -0.4 is 11.1 Å². The predicted octanol–water partition coefficient (Wildman–Crippen LogP) is 3.89. The minimum atomic E-state index is -1.71. The van der Waals surface area contributed by atoms with Gasteiger partial charge >= 0.3 is 5.97 Å². The third-order valence-electron chi connectivity index (χ3n) is 4.21. The molecule has 4 nitrogen and oxygen atoms in total. The van der Waals surface area contributed by atoms with Crippen molar-refractivity contribution >= 4 is 30.4 Å². The first kappa shape index (κ1) is 19.7. The molecule has 2 aromatic rings. The smallest absolute Gasteiger partial charge is 0.315 e. The van der Waals surface area contributed by atoms with Gasteiger partial charge < -0.3 is 14.9 Å². The minimum absolute atomic E-state index is 0.343. The molecule has 138 valence electrons. The summed E-state index contributed by atoms with van der Waals surface area (Å²) in [4.78, 5) is 12.6. The minimum Gasteiger partial charge on any atom is -0.466 e. The van der Waals surface area contributed by atoms with Gasteiger partial charge in [0, 0.05) is 17.0 Å². The first-order chi connectivity index (χ1) is 11.6. The van der Waals surface area contributed by atoms with Gasteiger partial charge in [-0.3, -0.25) is 4.79 Å². The van der Waals surface area contributed by atoms with E-state index in [1.165, 1.54) is 12.1 Å². The monoisotopic (exact) mass is 365 g/mol. The van der Waals surface area contributed by atoms with E-state index in [1.54, 1.807) is 6.92 Å². The van der Waals surface area contributed by atoms with Gasteiger partial charge in [-0.05, 0) is 31.5 Å². The number of fused-ring (bicyclic) bond motifs is 1. The summed E-state index contributed by atoms with van der Waals surface area (Å²) >= 11 is 0. The number of unbranched alkanes of at least 4 members (excludes halogenated alkanes) is 1. The summed E-state index contributed by atoms with van der Waals surface area (Å²) in [5.41, 5.74) is 7.06. The topological polar surface area (TPSA) is 65.5 Å². The van der Waals surface area contributed by atoms with Crippen LogP contribution >= 0.6 is 0 Å². The zero-order chi connectivity index (χ0) is 18.8. The number of carbonyl (C=O) groups excluding carboxylic acids is 1. The molecule has 2 atom stereocenters. The summed E-state index contributed by atoms with van der Waals surface area (Å²) in [5.74, 6) is -1.59. The molecular weight excluding hydrogens is 337 g/mol. The van der Waals surface area contributed by atoms with Gasteiger partial charge in [0.05, 0.1) is 12.0 Å². The molecule has 0 amide bonds. The number of halogens is 1. The molecule has 0 aliphatic carbocycles. The van der Waals surface area contributed by atoms with Crippen molar-refractivity contribution in [3.8, 4) is 0 Å². The Morgan fingerprint density at radius 3 is 2.56 bits per heavy atom. The van der Waals surface area contributed by atoms with Crippen LogP contribution in [0.5, 0.6) is 0 Å². The summed E-state index contributed by atoms with van der Waals surface area (Å²) in [5, 5.41) is 1.54.